The molecule has 1 aliphatic heterocycles. The van der Waals surface area contributed by atoms with E-state index in [-0.39, 0.29) is 17.6 Å². The Hall–Kier alpha value is -1.63. The van der Waals surface area contributed by atoms with Crippen molar-refractivity contribution in [3.63, 3.8) is 0 Å². The van der Waals surface area contributed by atoms with Crippen LogP contribution >= 0.6 is 11.8 Å². The minimum atomic E-state index is -1.00. The lowest BCUT2D eigenvalue weighted by atomic mass is 9.92. The standard InChI is InChI=1S/C15H17F2NO3S/c1-9-4-5-18(13(6-9)15(20)21)14(19)8-22-10-2-3-11(16)12(17)7-10/h2-3,7,9,13H,4-6,8H2,1H3,(H,20,21). The number of carbonyl (C=O) groups excluding carboxylic acids is 1. The number of carbonyl (C=O) groups is 2. The fourth-order valence-electron chi connectivity index (χ4n) is 2.47. The Labute approximate surface area is 131 Å². The second-order valence-corrected chi connectivity index (χ2v) is 6.48. The lowest BCUT2D eigenvalue weighted by molar-refractivity contribution is -0.151. The highest BCUT2D eigenvalue weighted by Crippen LogP contribution is 2.25. The molecule has 0 saturated carbocycles. The van der Waals surface area contributed by atoms with Crippen molar-refractivity contribution in [1.29, 1.82) is 0 Å². The van der Waals surface area contributed by atoms with Crippen molar-refractivity contribution in [3.8, 4) is 0 Å². The molecular formula is C15H17F2NO3S. The van der Waals surface area contributed by atoms with Crippen LogP contribution in [0.15, 0.2) is 23.1 Å². The maximum atomic E-state index is 13.1. The zero-order valence-electron chi connectivity index (χ0n) is 12.1. The third-order valence-electron chi connectivity index (χ3n) is 3.72. The van der Waals surface area contributed by atoms with Crippen LogP contribution in [0.3, 0.4) is 0 Å². The molecule has 0 aliphatic carbocycles. The fraction of sp³-hybridized carbons (Fsp3) is 0.467. The van der Waals surface area contributed by atoms with Gasteiger partial charge in [-0.05, 0) is 37.0 Å². The number of hydrogen-bond acceptors (Lipinski definition) is 3. The van der Waals surface area contributed by atoms with E-state index in [0.29, 0.717) is 17.9 Å². The molecule has 1 fully saturated rings. The maximum absolute atomic E-state index is 13.1. The Morgan fingerprint density at radius 2 is 2.09 bits per heavy atom. The van der Waals surface area contributed by atoms with E-state index >= 15 is 0 Å². The summed E-state index contributed by atoms with van der Waals surface area (Å²) in [5.41, 5.74) is 0. The lowest BCUT2D eigenvalue weighted by Gasteiger charge is -2.36. The van der Waals surface area contributed by atoms with Gasteiger partial charge < -0.3 is 10.0 Å². The Kier molecular flexibility index (Phi) is 5.39. The Balaban J connectivity index is 1.98. The van der Waals surface area contributed by atoms with E-state index in [0.717, 1.165) is 30.3 Å². The summed E-state index contributed by atoms with van der Waals surface area (Å²) in [5.74, 6) is -2.93. The molecule has 4 nitrogen and oxygen atoms in total. The number of benzene rings is 1. The molecule has 1 heterocycles. The van der Waals surface area contributed by atoms with E-state index in [1.807, 2.05) is 6.92 Å². The molecule has 0 aromatic heterocycles. The van der Waals surface area contributed by atoms with Crippen molar-refractivity contribution in [3.05, 3.63) is 29.8 Å². The first-order valence-corrected chi connectivity index (χ1v) is 7.97. The number of carboxylic acid groups (broad SMARTS) is 1. The lowest BCUT2D eigenvalue weighted by Crippen LogP contribution is -2.50. The van der Waals surface area contributed by atoms with Gasteiger partial charge in [0.05, 0.1) is 5.75 Å². The van der Waals surface area contributed by atoms with Crippen molar-refractivity contribution < 1.29 is 23.5 Å². The number of rotatable bonds is 4. The second-order valence-electron chi connectivity index (χ2n) is 5.44. The number of likely N-dealkylation sites (tertiary alicyclic amines) is 1. The van der Waals surface area contributed by atoms with Crippen molar-refractivity contribution in [2.75, 3.05) is 12.3 Å². The smallest absolute Gasteiger partial charge is 0.326 e. The molecule has 1 saturated heterocycles. The first-order valence-electron chi connectivity index (χ1n) is 6.98. The quantitative estimate of drug-likeness (QED) is 0.863. The highest BCUT2D eigenvalue weighted by Gasteiger charge is 2.34. The van der Waals surface area contributed by atoms with E-state index in [9.17, 15) is 23.5 Å². The summed E-state index contributed by atoms with van der Waals surface area (Å²) >= 11 is 1.07. The molecule has 2 rings (SSSR count). The van der Waals surface area contributed by atoms with Gasteiger partial charge in [-0.1, -0.05) is 6.92 Å². The van der Waals surface area contributed by atoms with Crippen molar-refractivity contribution in [2.24, 2.45) is 5.92 Å². The Bertz CT molecular complexity index is 582. The van der Waals surface area contributed by atoms with Crippen LogP contribution in [-0.2, 0) is 9.59 Å². The molecular weight excluding hydrogens is 312 g/mol. The van der Waals surface area contributed by atoms with Crippen molar-refractivity contribution >= 4 is 23.6 Å². The van der Waals surface area contributed by atoms with Gasteiger partial charge in [-0.2, -0.15) is 0 Å². The Morgan fingerprint density at radius 3 is 2.73 bits per heavy atom. The molecule has 0 spiro atoms. The molecule has 2 unspecified atom stereocenters. The monoisotopic (exact) mass is 329 g/mol. The molecule has 22 heavy (non-hydrogen) atoms. The predicted molar refractivity (Wildman–Crippen MR) is 78.6 cm³/mol. The zero-order valence-corrected chi connectivity index (χ0v) is 12.9. The molecule has 1 amide bonds. The van der Waals surface area contributed by atoms with Crippen LogP contribution in [-0.4, -0.2) is 40.2 Å². The van der Waals surface area contributed by atoms with Crippen LogP contribution < -0.4 is 0 Å². The van der Waals surface area contributed by atoms with Crippen molar-refractivity contribution in [1.82, 2.24) is 4.90 Å². The summed E-state index contributed by atoms with van der Waals surface area (Å²) in [4.78, 5) is 25.3. The van der Waals surface area contributed by atoms with Crippen LogP contribution in [0, 0.1) is 17.6 Å². The second kappa shape index (κ2) is 7.09. The highest BCUT2D eigenvalue weighted by atomic mass is 32.2. The molecule has 1 aromatic rings. The maximum Gasteiger partial charge on any atom is 0.326 e. The molecule has 1 aliphatic rings. The van der Waals surface area contributed by atoms with E-state index in [4.69, 9.17) is 0 Å². The third-order valence-corrected chi connectivity index (χ3v) is 4.70. The van der Waals surface area contributed by atoms with Crippen LogP contribution in [0.4, 0.5) is 8.78 Å². The first-order chi connectivity index (χ1) is 10.4. The van der Waals surface area contributed by atoms with E-state index in [1.54, 1.807) is 0 Å². The van der Waals surface area contributed by atoms with Crippen LogP contribution in [0.25, 0.3) is 0 Å². The molecule has 0 radical (unpaired) electrons. The minimum Gasteiger partial charge on any atom is -0.480 e. The van der Waals surface area contributed by atoms with Gasteiger partial charge in [0.15, 0.2) is 11.6 Å². The van der Waals surface area contributed by atoms with Gasteiger partial charge >= 0.3 is 5.97 Å². The van der Waals surface area contributed by atoms with Crippen LogP contribution in [0.1, 0.15) is 19.8 Å². The van der Waals surface area contributed by atoms with E-state index in [1.165, 1.54) is 11.0 Å². The van der Waals surface area contributed by atoms with Crippen molar-refractivity contribution in [2.45, 2.75) is 30.7 Å². The van der Waals surface area contributed by atoms with Gasteiger partial charge in [0.1, 0.15) is 6.04 Å². The van der Waals surface area contributed by atoms with Gasteiger partial charge in [0, 0.05) is 11.4 Å². The molecule has 2 atom stereocenters. The topological polar surface area (TPSA) is 57.6 Å². The number of hydrogen-bond donors (Lipinski definition) is 1. The summed E-state index contributed by atoms with van der Waals surface area (Å²) < 4.78 is 25.9. The highest BCUT2D eigenvalue weighted by molar-refractivity contribution is 8.00. The average molecular weight is 329 g/mol. The number of nitrogens with zero attached hydrogens (tertiary/aromatic N) is 1. The zero-order chi connectivity index (χ0) is 16.3. The van der Waals surface area contributed by atoms with Gasteiger partial charge in [0.2, 0.25) is 5.91 Å². The summed E-state index contributed by atoms with van der Waals surface area (Å²) in [7, 11) is 0. The van der Waals surface area contributed by atoms with E-state index < -0.39 is 23.6 Å². The number of thioether (sulfide) groups is 1. The van der Waals surface area contributed by atoms with Crippen LogP contribution in [0.2, 0.25) is 0 Å². The number of aliphatic carboxylic acids is 1. The molecule has 7 heteroatoms. The Morgan fingerprint density at radius 1 is 1.36 bits per heavy atom. The molecule has 1 aromatic carbocycles. The average Bonchev–Trinajstić information content (AvgIpc) is 2.48. The van der Waals surface area contributed by atoms with Gasteiger partial charge in [-0.25, -0.2) is 13.6 Å². The molecule has 1 N–H and O–H groups in total. The minimum absolute atomic E-state index is 0.00321. The van der Waals surface area contributed by atoms with Gasteiger partial charge in [-0.15, -0.1) is 11.8 Å². The first kappa shape index (κ1) is 16.7. The van der Waals surface area contributed by atoms with Gasteiger partial charge in [0.25, 0.3) is 0 Å². The SMILES string of the molecule is CC1CCN(C(=O)CSc2ccc(F)c(F)c2)C(C(=O)O)C1. The molecule has 0 bridgehead atoms. The normalized spacial score (nSPS) is 21.7. The third kappa shape index (κ3) is 3.97. The largest absolute Gasteiger partial charge is 0.480 e. The number of piperidine rings is 1. The summed E-state index contributed by atoms with van der Waals surface area (Å²) in [6.07, 6.45) is 1.21. The summed E-state index contributed by atoms with van der Waals surface area (Å²) in [6.45, 7) is 2.38. The number of halogens is 2. The summed E-state index contributed by atoms with van der Waals surface area (Å²) in [6, 6.07) is 2.62. The fourth-order valence-corrected chi connectivity index (χ4v) is 3.28. The van der Waals surface area contributed by atoms with Gasteiger partial charge in [-0.3, -0.25) is 4.79 Å². The predicted octanol–water partition coefficient (Wildman–Crippen LogP) is 2.77. The van der Waals surface area contributed by atoms with E-state index in [2.05, 4.69) is 0 Å². The number of carboxylic acids is 1. The van der Waals surface area contributed by atoms with Crippen LogP contribution in [0.5, 0.6) is 0 Å². The molecule has 120 valence electrons. The number of amides is 1. The summed E-state index contributed by atoms with van der Waals surface area (Å²) in [5, 5.41) is 9.24.